The third-order valence-corrected chi connectivity index (χ3v) is 4.69. The molecule has 30 heavy (non-hydrogen) atoms. The fourth-order valence-corrected chi connectivity index (χ4v) is 3.14. The Morgan fingerprint density at radius 2 is 1.70 bits per heavy atom. The normalized spacial score (nSPS) is 10.4. The first-order chi connectivity index (χ1) is 14.5. The van der Waals surface area contributed by atoms with E-state index in [4.69, 9.17) is 32.7 Å². The molecule has 3 aromatic carbocycles. The number of rotatable bonds is 7. The summed E-state index contributed by atoms with van der Waals surface area (Å²) in [6, 6.07) is 19.0. The molecule has 0 radical (unpaired) electrons. The predicted octanol–water partition coefficient (Wildman–Crippen LogP) is 6.00. The van der Waals surface area contributed by atoms with Crippen molar-refractivity contribution in [3.8, 4) is 5.75 Å². The quantitative estimate of drug-likeness (QED) is 0.454. The fraction of sp³-hybridized carbons (Fsp3) is 0.130. The third-order valence-electron chi connectivity index (χ3n) is 4.15. The van der Waals surface area contributed by atoms with Crippen molar-refractivity contribution in [2.75, 3.05) is 11.9 Å². The van der Waals surface area contributed by atoms with Crippen LogP contribution in [0.3, 0.4) is 0 Å². The van der Waals surface area contributed by atoms with E-state index in [1.165, 1.54) is 18.2 Å². The molecule has 0 saturated heterocycles. The minimum absolute atomic E-state index is 0.179. The second kappa shape index (κ2) is 10.1. The van der Waals surface area contributed by atoms with Gasteiger partial charge in [0.05, 0.1) is 22.8 Å². The van der Waals surface area contributed by atoms with Crippen LogP contribution in [-0.4, -0.2) is 18.5 Å². The lowest BCUT2D eigenvalue weighted by Crippen LogP contribution is -2.14. The molecule has 0 fully saturated rings. The summed E-state index contributed by atoms with van der Waals surface area (Å²) in [6.07, 6.45) is 0. The van der Waals surface area contributed by atoms with E-state index in [1.54, 1.807) is 25.1 Å². The van der Waals surface area contributed by atoms with Gasteiger partial charge < -0.3 is 14.8 Å². The summed E-state index contributed by atoms with van der Waals surface area (Å²) in [7, 11) is 0. The number of benzene rings is 3. The van der Waals surface area contributed by atoms with E-state index in [0.717, 1.165) is 5.56 Å². The highest BCUT2D eigenvalue weighted by atomic mass is 35.5. The second-order valence-corrected chi connectivity index (χ2v) is 7.13. The van der Waals surface area contributed by atoms with Crippen LogP contribution in [0, 0.1) is 0 Å². The molecule has 1 N–H and O–H groups in total. The van der Waals surface area contributed by atoms with Crippen molar-refractivity contribution in [3.63, 3.8) is 0 Å². The molecule has 0 unspecified atom stereocenters. The largest absolute Gasteiger partial charge is 0.488 e. The van der Waals surface area contributed by atoms with Crippen molar-refractivity contribution in [3.05, 3.63) is 93.5 Å². The van der Waals surface area contributed by atoms with Crippen LogP contribution < -0.4 is 10.1 Å². The number of nitrogens with one attached hydrogen (secondary N) is 1. The Morgan fingerprint density at radius 3 is 2.40 bits per heavy atom. The van der Waals surface area contributed by atoms with E-state index in [0.29, 0.717) is 23.1 Å². The Bertz CT molecular complexity index is 1050. The van der Waals surface area contributed by atoms with E-state index in [-0.39, 0.29) is 22.8 Å². The number of carbonyl (C=O) groups excluding carboxylic acids is 2. The average Bonchev–Trinajstić information content (AvgIpc) is 2.73. The molecule has 0 aliphatic heterocycles. The lowest BCUT2D eigenvalue weighted by molar-refractivity contribution is 0.0526. The minimum atomic E-state index is -0.521. The first kappa shape index (κ1) is 21.7. The van der Waals surface area contributed by atoms with E-state index < -0.39 is 11.9 Å². The Morgan fingerprint density at radius 1 is 0.933 bits per heavy atom. The number of esters is 1. The van der Waals surface area contributed by atoms with Crippen molar-refractivity contribution >= 4 is 40.8 Å². The van der Waals surface area contributed by atoms with Gasteiger partial charge in [-0.1, -0.05) is 53.5 Å². The zero-order valence-corrected chi connectivity index (χ0v) is 17.7. The lowest BCUT2D eigenvalue weighted by Gasteiger charge is -2.13. The number of halogens is 2. The molecule has 0 heterocycles. The molecule has 0 bridgehead atoms. The van der Waals surface area contributed by atoms with Crippen molar-refractivity contribution in [1.82, 2.24) is 0 Å². The van der Waals surface area contributed by atoms with Crippen LogP contribution in [0.1, 0.15) is 33.2 Å². The summed E-state index contributed by atoms with van der Waals surface area (Å²) in [5.74, 6) is -0.540. The fourth-order valence-electron chi connectivity index (χ4n) is 2.71. The van der Waals surface area contributed by atoms with Gasteiger partial charge in [-0.2, -0.15) is 0 Å². The predicted molar refractivity (Wildman–Crippen MR) is 118 cm³/mol. The van der Waals surface area contributed by atoms with Gasteiger partial charge in [-0.3, -0.25) is 4.79 Å². The Labute approximate surface area is 184 Å². The average molecular weight is 444 g/mol. The standard InChI is InChI=1S/C23H19Cl2NO4/c1-2-29-23(28)18-10-9-17(13-20(18)25)26-22(27)19-12-16(24)8-11-21(19)30-14-15-6-4-3-5-7-15/h3-13H,2,14H2,1H3,(H,26,27). The molecule has 3 rings (SSSR count). The third kappa shape index (κ3) is 5.53. The molecule has 0 aromatic heterocycles. The number of anilines is 1. The summed E-state index contributed by atoms with van der Waals surface area (Å²) in [5.41, 5.74) is 1.90. The Balaban J connectivity index is 1.77. The maximum absolute atomic E-state index is 12.8. The number of hydrogen-bond donors (Lipinski definition) is 1. The first-order valence-electron chi connectivity index (χ1n) is 9.22. The van der Waals surface area contributed by atoms with E-state index in [9.17, 15) is 9.59 Å². The second-order valence-electron chi connectivity index (χ2n) is 6.28. The summed E-state index contributed by atoms with van der Waals surface area (Å²) in [4.78, 5) is 24.7. The Hall–Kier alpha value is -3.02. The van der Waals surface area contributed by atoms with Crippen molar-refractivity contribution < 1.29 is 19.1 Å². The topological polar surface area (TPSA) is 64.6 Å². The number of carbonyl (C=O) groups is 2. The summed E-state index contributed by atoms with van der Waals surface area (Å²) in [5, 5.41) is 3.33. The van der Waals surface area contributed by atoms with Crippen LogP contribution in [0.4, 0.5) is 5.69 Å². The highest BCUT2D eigenvalue weighted by Crippen LogP contribution is 2.27. The van der Waals surface area contributed by atoms with Crippen molar-refractivity contribution in [2.45, 2.75) is 13.5 Å². The van der Waals surface area contributed by atoms with Gasteiger partial charge in [-0.25, -0.2) is 4.79 Å². The van der Waals surface area contributed by atoms with Crippen LogP contribution in [0.2, 0.25) is 10.0 Å². The SMILES string of the molecule is CCOC(=O)c1ccc(NC(=O)c2cc(Cl)ccc2OCc2ccccc2)cc1Cl. The van der Waals surface area contributed by atoms with Gasteiger partial charge >= 0.3 is 5.97 Å². The number of ether oxygens (including phenoxy) is 2. The molecule has 5 nitrogen and oxygen atoms in total. The number of amides is 1. The van der Waals surface area contributed by atoms with Gasteiger partial charge in [-0.05, 0) is 48.9 Å². The van der Waals surface area contributed by atoms with Crippen molar-refractivity contribution in [1.29, 1.82) is 0 Å². The van der Waals surface area contributed by atoms with Crippen LogP contribution in [0.15, 0.2) is 66.7 Å². The van der Waals surface area contributed by atoms with Gasteiger partial charge in [0.15, 0.2) is 0 Å². The Kier molecular flexibility index (Phi) is 7.33. The lowest BCUT2D eigenvalue weighted by atomic mass is 10.1. The summed E-state index contributed by atoms with van der Waals surface area (Å²) < 4.78 is 10.8. The zero-order chi connectivity index (χ0) is 21.5. The highest BCUT2D eigenvalue weighted by molar-refractivity contribution is 6.34. The molecule has 0 aliphatic carbocycles. The van der Waals surface area contributed by atoms with Gasteiger partial charge in [0.2, 0.25) is 0 Å². The number of hydrogen-bond acceptors (Lipinski definition) is 4. The van der Waals surface area contributed by atoms with Gasteiger partial charge in [0.1, 0.15) is 12.4 Å². The molecular weight excluding hydrogens is 425 g/mol. The molecule has 1 amide bonds. The molecule has 0 saturated carbocycles. The molecule has 0 spiro atoms. The van der Waals surface area contributed by atoms with Crippen LogP contribution in [0.25, 0.3) is 0 Å². The zero-order valence-electron chi connectivity index (χ0n) is 16.2. The molecule has 154 valence electrons. The molecule has 3 aromatic rings. The van der Waals surface area contributed by atoms with Gasteiger partial charge in [0, 0.05) is 10.7 Å². The molecular formula is C23H19Cl2NO4. The van der Waals surface area contributed by atoms with Crippen molar-refractivity contribution in [2.24, 2.45) is 0 Å². The van der Waals surface area contributed by atoms with Crippen LogP contribution in [0.5, 0.6) is 5.75 Å². The van der Waals surface area contributed by atoms with E-state index in [2.05, 4.69) is 5.32 Å². The monoisotopic (exact) mass is 443 g/mol. The van der Waals surface area contributed by atoms with Crippen LogP contribution >= 0.6 is 23.2 Å². The minimum Gasteiger partial charge on any atom is -0.488 e. The van der Waals surface area contributed by atoms with Gasteiger partial charge in [0.25, 0.3) is 5.91 Å². The smallest absolute Gasteiger partial charge is 0.339 e. The van der Waals surface area contributed by atoms with Gasteiger partial charge in [-0.15, -0.1) is 0 Å². The molecule has 0 atom stereocenters. The maximum atomic E-state index is 12.8. The first-order valence-corrected chi connectivity index (χ1v) is 9.98. The summed E-state index contributed by atoms with van der Waals surface area (Å²) in [6.45, 7) is 2.26. The van der Waals surface area contributed by atoms with E-state index in [1.807, 2.05) is 30.3 Å². The molecule has 7 heteroatoms. The maximum Gasteiger partial charge on any atom is 0.339 e. The summed E-state index contributed by atoms with van der Waals surface area (Å²) >= 11 is 12.2. The highest BCUT2D eigenvalue weighted by Gasteiger charge is 2.16. The van der Waals surface area contributed by atoms with Crippen LogP contribution in [-0.2, 0) is 11.3 Å². The molecule has 0 aliphatic rings. The van der Waals surface area contributed by atoms with E-state index >= 15 is 0 Å².